The van der Waals surface area contributed by atoms with E-state index in [0.29, 0.717) is 5.56 Å². The fourth-order valence-corrected chi connectivity index (χ4v) is 2.34. The Kier molecular flexibility index (Phi) is 8.68. The Hall–Kier alpha value is -3.75. The molecule has 9 heteroatoms. The predicted molar refractivity (Wildman–Crippen MR) is 107 cm³/mol. The average Bonchev–Trinajstić information content (AvgIpc) is 2.76. The summed E-state index contributed by atoms with van der Waals surface area (Å²) in [5, 5.41) is 0. The molecule has 1 aromatic carbocycles. The second-order valence-electron chi connectivity index (χ2n) is 6.84. The quantitative estimate of drug-likeness (QED) is 0.353. The van der Waals surface area contributed by atoms with Gasteiger partial charge < -0.3 is 18.9 Å². The van der Waals surface area contributed by atoms with Crippen LogP contribution in [0.15, 0.2) is 48.8 Å². The molecule has 164 valence electrons. The summed E-state index contributed by atoms with van der Waals surface area (Å²) >= 11 is 0. The van der Waals surface area contributed by atoms with E-state index in [1.54, 1.807) is 31.3 Å². The van der Waals surface area contributed by atoms with Crippen LogP contribution < -0.4 is 4.74 Å². The van der Waals surface area contributed by atoms with Crippen molar-refractivity contribution in [2.45, 2.75) is 20.8 Å². The van der Waals surface area contributed by atoms with Crippen molar-refractivity contribution in [2.75, 3.05) is 13.2 Å². The molecule has 9 nitrogen and oxygen atoms in total. The third kappa shape index (κ3) is 7.54. The number of esters is 3. The summed E-state index contributed by atoms with van der Waals surface area (Å²) in [5.41, 5.74) is 0.258. The van der Waals surface area contributed by atoms with E-state index < -0.39 is 24.1 Å². The van der Waals surface area contributed by atoms with Gasteiger partial charge in [-0.25, -0.2) is 14.4 Å². The predicted octanol–water partition coefficient (Wildman–Crippen LogP) is 3.43. The highest BCUT2D eigenvalue weighted by Crippen LogP contribution is 2.20. The molecule has 0 radical (unpaired) electrons. The average molecular weight is 429 g/mol. The molecule has 0 saturated carbocycles. The molecule has 1 unspecified atom stereocenters. The van der Waals surface area contributed by atoms with Gasteiger partial charge in [0.1, 0.15) is 11.3 Å². The summed E-state index contributed by atoms with van der Waals surface area (Å²) in [6.07, 6.45) is 1.78. The third-order valence-corrected chi connectivity index (χ3v) is 4.35. The van der Waals surface area contributed by atoms with Gasteiger partial charge in [0.2, 0.25) is 0 Å². The number of ether oxygens (including phenoxy) is 4. The normalized spacial score (nSPS) is 12.2. The van der Waals surface area contributed by atoms with E-state index in [2.05, 4.69) is 9.72 Å². The number of pyridine rings is 1. The lowest BCUT2D eigenvalue weighted by atomic mass is 9.98. The van der Waals surface area contributed by atoms with Gasteiger partial charge in [0.05, 0.1) is 18.8 Å². The Morgan fingerprint density at radius 2 is 1.58 bits per heavy atom. The van der Waals surface area contributed by atoms with E-state index in [1.165, 1.54) is 31.3 Å². The minimum atomic E-state index is -1.19. The zero-order valence-corrected chi connectivity index (χ0v) is 17.4. The highest BCUT2D eigenvalue weighted by Gasteiger charge is 2.22. The van der Waals surface area contributed by atoms with Gasteiger partial charge in [0.25, 0.3) is 0 Å². The van der Waals surface area contributed by atoms with Crippen LogP contribution in [0.25, 0.3) is 0 Å². The molecule has 2 rings (SSSR count). The molecule has 0 fully saturated rings. The van der Waals surface area contributed by atoms with Crippen LogP contribution in [0.5, 0.6) is 5.75 Å². The molecule has 0 aliphatic heterocycles. The van der Waals surface area contributed by atoms with Crippen LogP contribution in [0.1, 0.15) is 41.5 Å². The van der Waals surface area contributed by atoms with Gasteiger partial charge in [-0.3, -0.25) is 9.78 Å². The first-order valence-corrected chi connectivity index (χ1v) is 9.51. The van der Waals surface area contributed by atoms with Crippen LogP contribution in [0, 0.1) is 11.8 Å². The SMILES string of the molecule is CC(=O)Oc1ccccc1C(=O)OC(=O)OCC(C)[C@H](C)COC(=O)c1cccnc1. The van der Waals surface area contributed by atoms with Crippen molar-refractivity contribution in [2.24, 2.45) is 11.8 Å². The van der Waals surface area contributed by atoms with Crippen molar-refractivity contribution >= 4 is 24.1 Å². The Bertz CT molecular complexity index is 928. The number of hydrogen-bond acceptors (Lipinski definition) is 9. The molecule has 0 aliphatic rings. The maximum Gasteiger partial charge on any atom is 0.516 e. The Balaban J connectivity index is 1.79. The lowest BCUT2D eigenvalue weighted by Gasteiger charge is -2.19. The van der Waals surface area contributed by atoms with Crippen LogP contribution in [-0.4, -0.2) is 42.3 Å². The van der Waals surface area contributed by atoms with E-state index in [-0.39, 0.29) is 36.4 Å². The summed E-state index contributed by atoms with van der Waals surface area (Å²) in [5.74, 6) is -2.45. The summed E-state index contributed by atoms with van der Waals surface area (Å²) in [6.45, 7) is 4.88. The molecule has 0 amide bonds. The van der Waals surface area contributed by atoms with Gasteiger partial charge >= 0.3 is 24.1 Å². The first kappa shape index (κ1) is 23.5. The highest BCUT2D eigenvalue weighted by atomic mass is 16.7. The fraction of sp³-hybridized carbons (Fsp3) is 0.318. The molecule has 0 aliphatic carbocycles. The van der Waals surface area contributed by atoms with E-state index >= 15 is 0 Å². The summed E-state index contributed by atoms with van der Waals surface area (Å²) in [7, 11) is 0. The van der Waals surface area contributed by atoms with E-state index in [0.717, 1.165) is 0 Å². The van der Waals surface area contributed by atoms with Crippen molar-refractivity contribution in [1.82, 2.24) is 4.98 Å². The Morgan fingerprint density at radius 3 is 2.23 bits per heavy atom. The van der Waals surface area contributed by atoms with Crippen LogP contribution >= 0.6 is 0 Å². The maximum atomic E-state index is 12.2. The number of carbonyl (C=O) groups is 4. The van der Waals surface area contributed by atoms with Gasteiger partial charge in [0, 0.05) is 19.3 Å². The number of hydrogen-bond donors (Lipinski definition) is 0. The van der Waals surface area contributed by atoms with Gasteiger partial charge in [0.15, 0.2) is 0 Å². The van der Waals surface area contributed by atoms with Crippen LogP contribution in [0.3, 0.4) is 0 Å². The largest absolute Gasteiger partial charge is 0.516 e. The zero-order valence-electron chi connectivity index (χ0n) is 17.4. The minimum absolute atomic E-state index is 0.0229. The first-order valence-electron chi connectivity index (χ1n) is 9.51. The maximum absolute atomic E-state index is 12.2. The number of carbonyl (C=O) groups excluding carboxylic acids is 4. The molecular formula is C22H23NO8. The van der Waals surface area contributed by atoms with Gasteiger partial charge in [-0.15, -0.1) is 0 Å². The number of benzene rings is 1. The standard InChI is InChI=1S/C22H23NO8/c1-14(12-28-20(25)17-7-6-10-23-11-17)15(2)13-29-22(27)31-21(26)18-8-4-5-9-19(18)30-16(3)24/h4-11,14-15H,12-13H2,1-3H3/t14-,15?/m1/s1. The van der Waals surface area contributed by atoms with Gasteiger partial charge in [-0.05, 0) is 36.1 Å². The van der Waals surface area contributed by atoms with Gasteiger partial charge in [-0.2, -0.15) is 0 Å². The topological polar surface area (TPSA) is 118 Å². The van der Waals surface area contributed by atoms with Gasteiger partial charge in [-0.1, -0.05) is 26.0 Å². The number of aromatic nitrogens is 1. The second-order valence-corrected chi connectivity index (χ2v) is 6.84. The van der Waals surface area contributed by atoms with Crippen molar-refractivity contribution in [3.05, 3.63) is 59.9 Å². The first-order chi connectivity index (χ1) is 14.8. The fourth-order valence-electron chi connectivity index (χ4n) is 2.34. The minimum Gasteiger partial charge on any atom is -0.462 e. The molecule has 1 aromatic heterocycles. The van der Waals surface area contributed by atoms with E-state index in [1.807, 2.05) is 6.92 Å². The monoisotopic (exact) mass is 429 g/mol. The van der Waals surface area contributed by atoms with Crippen molar-refractivity contribution in [3.63, 3.8) is 0 Å². The molecule has 0 saturated heterocycles. The lowest BCUT2D eigenvalue weighted by molar-refractivity contribution is -0.131. The third-order valence-electron chi connectivity index (χ3n) is 4.35. The lowest BCUT2D eigenvalue weighted by Crippen LogP contribution is -2.24. The molecule has 0 spiro atoms. The van der Waals surface area contributed by atoms with Crippen molar-refractivity contribution in [3.8, 4) is 5.75 Å². The molecule has 2 atom stereocenters. The highest BCUT2D eigenvalue weighted by molar-refractivity contribution is 5.98. The van der Waals surface area contributed by atoms with Crippen LogP contribution in [-0.2, 0) is 19.0 Å². The molecule has 31 heavy (non-hydrogen) atoms. The Morgan fingerprint density at radius 1 is 0.903 bits per heavy atom. The van der Waals surface area contributed by atoms with Crippen molar-refractivity contribution < 1.29 is 38.1 Å². The van der Waals surface area contributed by atoms with Crippen LogP contribution in [0.2, 0.25) is 0 Å². The van der Waals surface area contributed by atoms with Crippen LogP contribution in [0.4, 0.5) is 4.79 Å². The second kappa shape index (κ2) is 11.4. The molecule has 2 aromatic rings. The Labute approximate surface area is 179 Å². The van der Waals surface area contributed by atoms with E-state index in [9.17, 15) is 19.2 Å². The molecule has 1 heterocycles. The molecule has 0 bridgehead atoms. The zero-order chi connectivity index (χ0) is 22.8. The summed E-state index contributed by atoms with van der Waals surface area (Å²) < 4.78 is 19.8. The molecule has 0 N–H and O–H groups in total. The summed E-state index contributed by atoms with van der Waals surface area (Å²) in [6, 6.07) is 9.09. The van der Waals surface area contributed by atoms with E-state index in [4.69, 9.17) is 14.2 Å². The number of rotatable bonds is 8. The summed E-state index contributed by atoms with van der Waals surface area (Å²) in [4.78, 5) is 51.0. The van der Waals surface area contributed by atoms with Crippen molar-refractivity contribution in [1.29, 1.82) is 0 Å². The molecular weight excluding hydrogens is 406 g/mol. The smallest absolute Gasteiger partial charge is 0.462 e. The number of nitrogens with zero attached hydrogens (tertiary/aromatic N) is 1. The number of para-hydroxylation sites is 1.